The first kappa shape index (κ1) is 14.8. The molecule has 5 heteroatoms. The lowest BCUT2D eigenvalue weighted by Gasteiger charge is -2.12. The summed E-state index contributed by atoms with van der Waals surface area (Å²) in [4.78, 5) is 11.6. The van der Waals surface area contributed by atoms with Crippen molar-refractivity contribution in [1.29, 1.82) is 0 Å². The van der Waals surface area contributed by atoms with Crippen molar-refractivity contribution in [3.8, 4) is 5.75 Å². The van der Waals surface area contributed by atoms with Crippen LogP contribution in [0.1, 0.15) is 18.9 Å². The average molecular weight is 271 g/mol. The number of aryl methyl sites for hydroxylation is 1. The third kappa shape index (κ3) is 4.55. The van der Waals surface area contributed by atoms with Crippen LogP contribution in [0, 0.1) is 0 Å². The van der Waals surface area contributed by atoms with Gasteiger partial charge in [0.25, 0.3) is 0 Å². The van der Waals surface area contributed by atoms with Gasteiger partial charge in [0, 0.05) is 24.0 Å². The van der Waals surface area contributed by atoms with Crippen LogP contribution in [0.4, 0.5) is 0 Å². The van der Waals surface area contributed by atoms with E-state index in [0.29, 0.717) is 24.4 Å². The molecule has 0 fully saturated rings. The van der Waals surface area contributed by atoms with Crippen molar-refractivity contribution in [2.75, 3.05) is 13.7 Å². The quantitative estimate of drug-likeness (QED) is 0.828. The number of nitrogens with two attached hydrogens (primary N) is 1. The Labute approximate surface area is 112 Å². The zero-order chi connectivity index (χ0) is 13.5. The molecule has 3 N–H and O–H groups in total. The van der Waals surface area contributed by atoms with Crippen LogP contribution in [-0.4, -0.2) is 25.6 Å². The summed E-state index contributed by atoms with van der Waals surface area (Å²) in [6.07, 6.45) is 0.980. The molecule has 0 bridgehead atoms. The highest BCUT2D eigenvalue weighted by molar-refractivity contribution is 6.30. The first-order valence-corrected chi connectivity index (χ1v) is 6.26. The number of nitrogens with one attached hydrogen (secondary N) is 1. The van der Waals surface area contributed by atoms with Crippen LogP contribution in [0.5, 0.6) is 5.75 Å². The molecule has 0 spiro atoms. The molecule has 0 radical (unpaired) electrons. The molecular formula is C13H19ClN2O2. The van der Waals surface area contributed by atoms with Crippen molar-refractivity contribution in [2.45, 2.75) is 25.8 Å². The van der Waals surface area contributed by atoms with E-state index in [1.54, 1.807) is 19.2 Å². The third-order valence-corrected chi connectivity index (χ3v) is 2.86. The van der Waals surface area contributed by atoms with E-state index in [0.717, 1.165) is 11.3 Å². The van der Waals surface area contributed by atoms with Crippen molar-refractivity contribution in [1.82, 2.24) is 5.32 Å². The molecule has 100 valence electrons. The number of amides is 1. The molecule has 4 nitrogen and oxygen atoms in total. The smallest absolute Gasteiger partial charge is 0.220 e. The molecule has 0 heterocycles. The summed E-state index contributed by atoms with van der Waals surface area (Å²) in [5.41, 5.74) is 6.37. The van der Waals surface area contributed by atoms with E-state index >= 15 is 0 Å². The van der Waals surface area contributed by atoms with Crippen LogP contribution in [0.3, 0.4) is 0 Å². The first-order valence-electron chi connectivity index (χ1n) is 5.88. The average Bonchev–Trinajstić information content (AvgIpc) is 2.36. The highest BCUT2D eigenvalue weighted by atomic mass is 35.5. The summed E-state index contributed by atoms with van der Waals surface area (Å²) in [6.45, 7) is 2.31. The topological polar surface area (TPSA) is 64.3 Å². The van der Waals surface area contributed by atoms with Gasteiger partial charge >= 0.3 is 0 Å². The van der Waals surface area contributed by atoms with Crippen LogP contribution in [0.2, 0.25) is 5.02 Å². The Morgan fingerprint density at radius 1 is 1.56 bits per heavy atom. The molecule has 1 unspecified atom stereocenters. The molecule has 1 aromatic carbocycles. The van der Waals surface area contributed by atoms with Crippen LogP contribution < -0.4 is 15.8 Å². The van der Waals surface area contributed by atoms with Crippen LogP contribution >= 0.6 is 11.6 Å². The molecule has 18 heavy (non-hydrogen) atoms. The molecule has 0 saturated carbocycles. The Morgan fingerprint density at radius 3 is 2.89 bits per heavy atom. The molecule has 0 aromatic heterocycles. The predicted molar refractivity (Wildman–Crippen MR) is 73.0 cm³/mol. The molecule has 0 aliphatic rings. The van der Waals surface area contributed by atoms with Crippen molar-refractivity contribution in [3.05, 3.63) is 28.8 Å². The lowest BCUT2D eigenvalue weighted by molar-refractivity contribution is -0.121. The lowest BCUT2D eigenvalue weighted by atomic mass is 10.1. The summed E-state index contributed by atoms with van der Waals surface area (Å²) in [7, 11) is 1.60. The molecule has 0 saturated heterocycles. The molecule has 1 rings (SSSR count). The maximum Gasteiger partial charge on any atom is 0.220 e. The molecule has 0 aliphatic carbocycles. The minimum atomic E-state index is -0.0185. The minimum Gasteiger partial charge on any atom is -0.496 e. The summed E-state index contributed by atoms with van der Waals surface area (Å²) >= 11 is 5.92. The lowest BCUT2D eigenvalue weighted by Crippen LogP contribution is -2.37. The number of rotatable bonds is 6. The number of carbonyl (C=O) groups is 1. The highest BCUT2D eigenvalue weighted by Gasteiger charge is 2.09. The Hall–Kier alpha value is -1.26. The number of halogens is 1. The fraction of sp³-hybridized carbons (Fsp3) is 0.462. The van der Waals surface area contributed by atoms with Gasteiger partial charge in [0.05, 0.1) is 7.11 Å². The van der Waals surface area contributed by atoms with Gasteiger partial charge in [0.1, 0.15) is 5.75 Å². The van der Waals surface area contributed by atoms with Crippen LogP contribution in [-0.2, 0) is 11.2 Å². The molecule has 0 aliphatic heterocycles. The maximum absolute atomic E-state index is 11.6. The van der Waals surface area contributed by atoms with Gasteiger partial charge in [-0.25, -0.2) is 0 Å². The monoisotopic (exact) mass is 270 g/mol. The summed E-state index contributed by atoms with van der Waals surface area (Å²) in [6, 6.07) is 5.39. The first-order chi connectivity index (χ1) is 8.56. The fourth-order valence-electron chi connectivity index (χ4n) is 1.60. The van der Waals surface area contributed by atoms with Crippen molar-refractivity contribution in [3.63, 3.8) is 0 Å². The minimum absolute atomic E-state index is 0.00115. The van der Waals surface area contributed by atoms with Crippen molar-refractivity contribution >= 4 is 17.5 Å². The highest BCUT2D eigenvalue weighted by Crippen LogP contribution is 2.23. The zero-order valence-electron chi connectivity index (χ0n) is 10.7. The van der Waals surface area contributed by atoms with E-state index in [-0.39, 0.29) is 11.9 Å². The second-order valence-corrected chi connectivity index (χ2v) is 4.60. The second-order valence-electron chi connectivity index (χ2n) is 4.16. The van der Waals surface area contributed by atoms with E-state index < -0.39 is 0 Å². The van der Waals surface area contributed by atoms with Gasteiger partial charge in [0.2, 0.25) is 5.91 Å². The number of hydrogen-bond acceptors (Lipinski definition) is 3. The predicted octanol–water partition coefficient (Wildman–Crippen LogP) is 1.74. The van der Waals surface area contributed by atoms with Crippen LogP contribution in [0.25, 0.3) is 0 Å². The summed E-state index contributed by atoms with van der Waals surface area (Å²) in [5.74, 6) is 0.731. The van der Waals surface area contributed by atoms with Crippen molar-refractivity contribution < 1.29 is 9.53 Å². The number of benzene rings is 1. The van der Waals surface area contributed by atoms with Gasteiger partial charge in [-0.05, 0) is 37.1 Å². The standard InChI is InChI=1S/C13H19ClN2O2/c1-9(8-15)16-13(17)6-3-10-7-11(14)4-5-12(10)18-2/h4-5,7,9H,3,6,8,15H2,1-2H3,(H,16,17). The largest absolute Gasteiger partial charge is 0.496 e. The zero-order valence-corrected chi connectivity index (χ0v) is 11.5. The van der Waals surface area contributed by atoms with E-state index in [1.165, 1.54) is 0 Å². The molecule has 1 aromatic rings. The van der Waals surface area contributed by atoms with E-state index in [4.69, 9.17) is 22.1 Å². The van der Waals surface area contributed by atoms with Gasteiger partial charge in [-0.3, -0.25) is 4.79 Å². The number of carbonyl (C=O) groups excluding carboxylic acids is 1. The van der Waals surface area contributed by atoms with Gasteiger partial charge in [0.15, 0.2) is 0 Å². The summed E-state index contributed by atoms with van der Waals surface area (Å²) in [5, 5.41) is 3.45. The summed E-state index contributed by atoms with van der Waals surface area (Å²) < 4.78 is 5.22. The Balaban J connectivity index is 2.57. The fourth-order valence-corrected chi connectivity index (χ4v) is 1.79. The van der Waals surface area contributed by atoms with E-state index in [9.17, 15) is 4.79 Å². The molecule has 1 amide bonds. The van der Waals surface area contributed by atoms with E-state index in [2.05, 4.69) is 5.32 Å². The normalized spacial score (nSPS) is 12.0. The van der Waals surface area contributed by atoms with Gasteiger partial charge in [-0.15, -0.1) is 0 Å². The maximum atomic E-state index is 11.6. The Bertz CT molecular complexity index is 410. The Kier molecular flexibility index (Phi) is 5.95. The number of ether oxygens (including phenoxy) is 1. The number of methoxy groups -OCH3 is 1. The number of hydrogen-bond donors (Lipinski definition) is 2. The Morgan fingerprint density at radius 2 is 2.28 bits per heavy atom. The SMILES string of the molecule is COc1ccc(Cl)cc1CCC(=O)NC(C)CN. The van der Waals surface area contributed by atoms with Crippen molar-refractivity contribution in [2.24, 2.45) is 5.73 Å². The van der Waals surface area contributed by atoms with Gasteiger partial charge in [-0.2, -0.15) is 0 Å². The van der Waals surface area contributed by atoms with E-state index in [1.807, 2.05) is 13.0 Å². The van der Waals surface area contributed by atoms with Crippen LogP contribution in [0.15, 0.2) is 18.2 Å². The van der Waals surface area contributed by atoms with Gasteiger partial charge in [-0.1, -0.05) is 11.6 Å². The van der Waals surface area contributed by atoms with Gasteiger partial charge < -0.3 is 15.8 Å². The molecule has 1 atom stereocenters. The molecular weight excluding hydrogens is 252 g/mol. The third-order valence-electron chi connectivity index (χ3n) is 2.62. The second kappa shape index (κ2) is 7.24.